The highest BCUT2D eigenvalue weighted by Gasteiger charge is 2.06. The van der Waals surface area contributed by atoms with E-state index < -0.39 is 5.97 Å². The predicted octanol–water partition coefficient (Wildman–Crippen LogP) is 2.46. The summed E-state index contributed by atoms with van der Waals surface area (Å²) >= 11 is 5.78. The number of pyridine rings is 1. The number of carboxylic acid groups (broad SMARTS) is 1. The summed E-state index contributed by atoms with van der Waals surface area (Å²) in [7, 11) is 0. The van der Waals surface area contributed by atoms with E-state index >= 15 is 0 Å². The van der Waals surface area contributed by atoms with Crippen LogP contribution < -0.4 is 16.4 Å². The number of hydrogen-bond acceptors (Lipinski definition) is 5. The second-order valence-corrected chi connectivity index (χ2v) is 5.10. The molecule has 0 radical (unpaired) electrons. The first-order valence-electron chi connectivity index (χ1n) is 6.74. The largest absolute Gasteiger partial charge is 0.478 e. The van der Waals surface area contributed by atoms with E-state index in [-0.39, 0.29) is 28.9 Å². The third kappa shape index (κ3) is 5.15. The number of aromatic carboxylic acids is 1. The molecular formula is C15H15ClN4O3. The van der Waals surface area contributed by atoms with Crippen LogP contribution in [0.1, 0.15) is 16.8 Å². The SMILES string of the molecule is Nc1cc(NCCC(=O)Nc2cccc(C(=O)O)c2)cc(Cl)n1. The molecule has 0 aliphatic rings. The number of benzene rings is 1. The Bertz CT molecular complexity index is 716. The Hall–Kier alpha value is -2.80. The Morgan fingerprint density at radius 2 is 2.00 bits per heavy atom. The van der Waals surface area contributed by atoms with Crippen molar-refractivity contribution in [1.29, 1.82) is 0 Å². The molecule has 0 saturated carbocycles. The van der Waals surface area contributed by atoms with Gasteiger partial charge in [-0.1, -0.05) is 17.7 Å². The fourth-order valence-corrected chi connectivity index (χ4v) is 2.11. The number of amides is 1. The quantitative estimate of drug-likeness (QED) is 0.603. The molecule has 23 heavy (non-hydrogen) atoms. The van der Waals surface area contributed by atoms with Crippen LogP contribution in [0.2, 0.25) is 5.15 Å². The van der Waals surface area contributed by atoms with Crippen molar-refractivity contribution < 1.29 is 14.7 Å². The number of nitrogens with zero attached hydrogens (tertiary/aromatic N) is 1. The molecule has 1 aromatic carbocycles. The normalized spacial score (nSPS) is 10.1. The summed E-state index contributed by atoms with van der Waals surface area (Å²) in [6.45, 7) is 0.365. The van der Waals surface area contributed by atoms with Gasteiger partial charge in [0.1, 0.15) is 11.0 Å². The van der Waals surface area contributed by atoms with Gasteiger partial charge in [-0.25, -0.2) is 9.78 Å². The molecule has 0 unspecified atom stereocenters. The number of carbonyl (C=O) groups excluding carboxylic acids is 1. The third-order valence-corrected chi connectivity index (χ3v) is 3.08. The Balaban J connectivity index is 1.85. The van der Waals surface area contributed by atoms with Gasteiger partial charge in [-0.3, -0.25) is 4.79 Å². The van der Waals surface area contributed by atoms with Crippen LogP contribution in [0.15, 0.2) is 36.4 Å². The van der Waals surface area contributed by atoms with E-state index in [4.69, 9.17) is 22.4 Å². The lowest BCUT2D eigenvalue weighted by atomic mass is 10.2. The summed E-state index contributed by atoms with van der Waals surface area (Å²) in [5.41, 5.74) is 6.79. The standard InChI is InChI=1S/C15H15ClN4O3/c16-12-7-11(8-13(17)20-12)18-5-4-14(21)19-10-3-1-2-9(6-10)15(22)23/h1-3,6-8H,4-5H2,(H,19,21)(H,22,23)(H3,17,18,20). The maximum atomic E-state index is 11.9. The Morgan fingerprint density at radius 3 is 2.70 bits per heavy atom. The van der Waals surface area contributed by atoms with Gasteiger partial charge in [0.05, 0.1) is 5.56 Å². The second kappa shape index (κ2) is 7.46. The number of nitrogens with two attached hydrogens (primary N) is 1. The van der Waals surface area contributed by atoms with Crippen molar-refractivity contribution in [3.63, 3.8) is 0 Å². The Labute approximate surface area is 137 Å². The number of aromatic nitrogens is 1. The van der Waals surface area contributed by atoms with Crippen molar-refractivity contribution in [2.75, 3.05) is 22.9 Å². The molecular weight excluding hydrogens is 320 g/mol. The number of halogens is 1. The summed E-state index contributed by atoms with van der Waals surface area (Å²) in [6, 6.07) is 9.26. The van der Waals surface area contributed by atoms with Crippen LogP contribution in [-0.4, -0.2) is 28.5 Å². The van der Waals surface area contributed by atoms with Crippen molar-refractivity contribution in [3.8, 4) is 0 Å². The maximum Gasteiger partial charge on any atom is 0.335 e. The fraction of sp³-hybridized carbons (Fsp3) is 0.133. The second-order valence-electron chi connectivity index (χ2n) is 4.71. The number of nitrogens with one attached hydrogen (secondary N) is 2. The lowest BCUT2D eigenvalue weighted by molar-refractivity contribution is -0.115. The zero-order chi connectivity index (χ0) is 16.8. The number of rotatable bonds is 6. The van der Waals surface area contributed by atoms with Gasteiger partial charge in [0.15, 0.2) is 0 Å². The van der Waals surface area contributed by atoms with Crippen molar-refractivity contribution in [2.45, 2.75) is 6.42 Å². The fourth-order valence-electron chi connectivity index (χ4n) is 1.89. The topological polar surface area (TPSA) is 117 Å². The lowest BCUT2D eigenvalue weighted by Crippen LogP contribution is -2.16. The summed E-state index contributed by atoms with van der Waals surface area (Å²) in [5.74, 6) is -1.00. The molecule has 0 saturated heterocycles. The summed E-state index contributed by atoms with van der Waals surface area (Å²) in [4.78, 5) is 26.6. The van der Waals surface area contributed by atoms with E-state index in [9.17, 15) is 9.59 Å². The minimum Gasteiger partial charge on any atom is -0.478 e. The number of hydrogen-bond donors (Lipinski definition) is 4. The van der Waals surface area contributed by atoms with E-state index in [1.165, 1.54) is 12.1 Å². The zero-order valence-corrected chi connectivity index (χ0v) is 12.8. The highest BCUT2D eigenvalue weighted by molar-refractivity contribution is 6.29. The highest BCUT2D eigenvalue weighted by atomic mass is 35.5. The van der Waals surface area contributed by atoms with Crippen molar-refractivity contribution >= 4 is 40.7 Å². The summed E-state index contributed by atoms with van der Waals surface area (Å²) < 4.78 is 0. The van der Waals surface area contributed by atoms with Crippen LogP contribution in [-0.2, 0) is 4.79 Å². The molecule has 7 nitrogen and oxygen atoms in total. The molecule has 1 heterocycles. The molecule has 5 N–H and O–H groups in total. The molecule has 1 aromatic heterocycles. The van der Waals surface area contributed by atoms with Gasteiger partial charge in [-0.2, -0.15) is 0 Å². The first kappa shape index (κ1) is 16.6. The zero-order valence-electron chi connectivity index (χ0n) is 12.0. The number of carbonyl (C=O) groups is 2. The number of anilines is 3. The average Bonchev–Trinajstić information content (AvgIpc) is 2.46. The molecule has 0 atom stereocenters. The summed E-state index contributed by atoms with van der Waals surface area (Å²) in [5, 5.41) is 14.8. The van der Waals surface area contributed by atoms with E-state index in [1.807, 2.05) is 0 Å². The summed E-state index contributed by atoms with van der Waals surface area (Å²) in [6.07, 6.45) is 0.192. The van der Waals surface area contributed by atoms with E-state index in [1.54, 1.807) is 24.3 Å². The van der Waals surface area contributed by atoms with Crippen LogP contribution in [0.4, 0.5) is 17.2 Å². The van der Waals surface area contributed by atoms with Crippen molar-refractivity contribution in [3.05, 3.63) is 47.1 Å². The molecule has 0 aliphatic heterocycles. The van der Waals surface area contributed by atoms with Crippen LogP contribution in [0, 0.1) is 0 Å². The van der Waals surface area contributed by atoms with Crippen LogP contribution in [0.5, 0.6) is 0 Å². The van der Waals surface area contributed by atoms with E-state index in [2.05, 4.69) is 15.6 Å². The van der Waals surface area contributed by atoms with Crippen LogP contribution in [0.3, 0.4) is 0 Å². The monoisotopic (exact) mass is 334 g/mol. The average molecular weight is 335 g/mol. The van der Waals surface area contributed by atoms with Gasteiger partial charge in [0.2, 0.25) is 5.91 Å². The van der Waals surface area contributed by atoms with Crippen LogP contribution in [0.25, 0.3) is 0 Å². The highest BCUT2D eigenvalue weighted by Crippen LogP contribution is 2.16. The minimum atomic E-state index is -1.05. The van der Waals surface area contributed by atoms with Gasteiger partial charge in [0.25, 0.3) is 0 Å². The van der Waals surface area contributed by atoms with Gasteiger partial charge >= 0.3 is 5.97 Å². The maximum absolute atomic E-state index is 11.9. The molecule has 0 fully saturated rings. The first-order chi connectivity index (χ1) is 10.9. The molecule has 2 rings (SSSR count). The first-order valence-corrected chi connectivity index (χ1v) is 7.12. The predicted molar refractivity (Wildman–Crippen MR) is 88.8 cm³/mol. The number of nitrogen functional groups attached to an aromatic ring is 1. The Kier molecular flexibility index (Phi) is 5.37. The lowest BCUT2D eigenvalue weighted by Gasteiger charge is -2.08. The third-order valence-electron chi connectivity index (χ3n) is 2.89. The van der Waals surface area contributed by atoms with Gasteiger partial charge < -0.3 is 21.5 Å². The van der Waals surface area contributed by atoms with Gasteiger partial charge in [-0.15, -0.1) is 0 Å². The molecule has 1 amide bonds. The van der Waals surface area contributed by atoms with Gasteiger partial charge in [0, 0.05) is 30.4 Å². The Morgan fingerprint density at radius 1 is 1.22 bits per heavy atom. The molecule has 0 aliphatic carbocycles. The van der Waals surface area contributed by atoms with Crippen molar-refractivity contribution in [1.82, 2.24) is 4.98 Å². The molecule has 120 valence electrons. The van der Waals surface area contributed by atoms with Crippen LogP contribution >= 0.6 is 11.6 Å². The molecule has 0 spiro atoms. The molecule has 8 heteroatoms. The molecule has 0 bridgehead atoms. The molecule has 2 aromatic rings. The minimum absolute atomic E-state index is 0.114. The van der Waals surface area contributed by atoms with Gasteiger partial charge in [-0.05, 0) is 24.3 Å². The van der Waals surface area contributed by atoms with E-state index in [0.29, 0.717) is 17.9 Å². The number of carboxylic acids is 1. The van der Waals surface area contributed by atoms with Crippen molar-refractivity contribution in [2.24, 2.45) is 0 Å². The smallest absolute Gasteiger partial charge is 0.335 e. The van der Waals surface area contributed by atoms with E-state index in [0.717, 1.165) is 0 Å².